The van der Waals surface area contributed by atoms with E-state index in [1.165, 1.54) is 18.2 Å². The number of benzene rings is 2. The van der Waals surface area contributed by atoms with Gasteiger partial charge in [-0.05, 0) is 67.4 Å². The van der Waals surface area contributed by atoms with Crippen LogP contribution in [0.25, 0.3) is 0 Å². The van der Waals surface area contributed by atoms with Crippen LogP contribution in [0.3, 0.4) is 0 Å². The van der Waals surface area contributed by atoms with E-state index < -0.39 is 0 Å². The van der Waals surface area contributed by atoms with Gasteiger partial charge < -0.3 is 9.80 Å². The summed E-state index contributed by atoms with van der Waals surface area (Å²) in [7, 11) is 0. The fourth-order valence-electron chi connectivity index (χ4n) is 4.36. The molecular formula is C21H21F2N3. The summed E-state index contributed by atoms with van der Waals surface area (Å²) in [5, 5.41) is 8.74. The fraction of sp³-hybridized carbons (Fsp3) is 0.381. The summed E-state index contributed by atoms with van der Waals surface area (Å²) >= 11 is 0. The summed E-state index contributed by atoms with van der Waals surface area (Å²) in [5.41, 5.74) is 3.00. The Morgan fingerprint density at radius 2 is 1.85 bits per heavy atom. The molecule has 2 heterocycles. The molecule has 0 radical (unpaired) electrons. The van der Waals surface area contributed by atoms with Gasteiger partial charge in [0.2, 0.25) is 0 Å². The summed E-state index contributed by atoms with van der Waals surface area (Å²) in [5.74, 6) is -0.247. The van der Waals surface area contributed by atoms with Gasteiger partial charge in [0.05, 0.1) is 6.07 Å². The topological polar surface area (TPSA) is 30.3 Å². The van der Waals surface area contributed by atoms with E-state index in [1.807, 2.05) is 6.07 Å². The lowest BCUT2D eigenvalue weighted by molar-refractivity contribution is 0.195. The van der Waals surface area contributed by atoms with E-state index in [1.54, 1.807) is 18.2 Å². The maximum atomic E-state index is 13.9. The number of anilines is 2. The zero-order chi connectivity index (χ0) is 18.1. The SMILES string of the molecule is N#CCCCN1CC[C@@H]2[C@@H](C1)c1cc(F)ccc1N2c1ccc(F)cc1. The third-order valence-corrected chi connectivity index (χ3v) is 5.51. The minimum atomic E-state index is -0.254. The number of hydrogen-bond acceptors (Lipinski definition) is 3. The molecule has 5 heteroatoms. The van der Waals surface area contributed by atoms with Crippen molar-refractivity contribution in [2.24, 2.45) is 0 Å². The Hall–Kier alpha value is -2.45. The molecule has 0 amide bonds. The number of piperidine rings is 1. The molecule has 1 fully saturated rings. The van der Waals surface area contributed by atoms with Gasteiger partial charge in [-0.15, -0.1) is 0 Å². The van der Waals surface area contributed by atoms with E-state index in [2.05, 4.69) is 15.9 Å². The second-order valence-electron chi connectivity index (χ2n) is 7.07. The van der Waals surface area contributed by atoms with E-state index in [4.69, 9.17) is 5.26 Å². The Morgan fingerprint density at radius 1 is 1.08 bits per heavy atom. The second kappa shape index (κ2) is 7.05. The van der Waals surface area contributed by atoms with Crippen molar-refractivity contribution >= 4 is 11.4 Å². The molecule has 0 bridgehead atoms. The molecule has 0 N–H and O–H groups in total. The molecule has 2 atom stereocenters. The summed E-state index contributed by atoms with van der Waals surface area (Å²) in [6, 6.07) is 14.0. The van der Waals surface area contributed by atoms with Gasteiger partial charge in [-0.2, -0.15) is 5.26 Å². The van der Waals surface area contributed by atoms with Crippen LogP contribution in [0.5, 0.6) is 0 Å². The standard InChI is InChI=1S/C21H21F2N3/c22-15-3-6-17(7-4-15)26-20-8-5-16(23)13-18(20)19-14-25(11-2-1-10-24)12-9-21(19)26/h3-8,13,19,21H,1-2,9,11-12,14H2/t19-,21+/m0/s1. The number of likely N-dealkylation sites (tertiary alicyclic amines) is 1. The molecule has 134 valence electrons. The highest BCUT2D eigenvalue weighted by Crippen LogP contribution is 2.48. The molecule has 2 aliphatic heterocycles. The summed E-state index contributed by atoms with van der Waals surface area (Å²) in [6.07, 6.45) is 2.40. The lowest BCUT2D eigenvalue weighted by Gasteiger charge is -2.39. The monoisotopic (exact) mass is 353 g/mol. The molecule has 1 saturated heterocycles. The van der Waals surface area contributed by atoms with E-state index >= 15 is 0 Å². The number of halogens is 2. The van der Waals surface area contributed by atoms with Gasteiger partial charge in [0.1, 0.15) is 11.6 Å². The van der Waals surface area contributed by atoms with Crippen LogP contribution in [0.15, 0.2) is 42.5 Å². The van der Waals surface area contributed by atoms with Gasteiger partial charge in [0.25, 0.3) is 0 Å². The highest BCUT2D eigenvalue weighted by Gasteiger charge is 2.42. The van der Waals surface area contributed by atoms with Gasteiger partial charge >= 0.3 is 0 Å². The molecule has 2 aromatic rings. The molecule has 0 saturated carbocycles. The van der Waals surface area contributed by atoms with Crippen LogP contribution < -0.4 is 4.90 Å². The fourth-order valence-corrected chi connectivity index (χ4v) is 4.36. The number of rotatable bonds is 4. The van der Waals surface area contributed by atoms with Crippen molar-refractivity contribution in [3.05, 3.63) is 59.7 Å². The van der Waals surface area contributed by atoms with Gasteiger partial charge in [-0.1, -0.05) is 0 Å². The van der Waals surface area contributed by atoms with Crippen molar-refractivity contribution in [3.63, 3.8) is 0 Å². The average molecular weight is 353 g/mol. The first kappa shape index (κ1) is 17.0. The van der Waals surface area contributed by atoms with E-state index in [0.29, 0.717) is 6.42 Å². The zero-order valence-corrected chi connectivity index (χ0v) is 14.5. The lowest BCUT2D eigenvalue weighted by Crippen LogP contribution is -2.45. The van der Waals surface area contributed by atoms with Crippen molar-refractivity contribution < 1.29 is 8.78 Å². The molecule has 2 aliphatic rings. The maximum Gasteiger partial charge on any atom is 0.123 e. The van der Waals surface area contributed by atoms with E-state index in [-0.39, 0.29) is 23.6 Å². The summed E-state index contributed by atoms with van der Waals surface area (Å²) in [6.45, 7) is 2.73. The first-order valence-corrected chi connectivity index (χ1v) is 9.11. The Bertz CT molecular complexity index is 828. The predicted molar refractivity (Wildman–Crippen MR) is 97.4 cm³/mol. The smallest absolute Gasteiger partial charge is 0.123 e. The molecule has 2 aromatic carbocycles. The summed E-state index contributed by atoms with van der Waals surface area (Å²) < 4.78 is 27.3. The third-order valence-electron chi connectivity index (χ3n) is 5.51. The molecule has 0 unspecified atom stereocenters. The number of hydrogen-bond donors (Lipinski definition) is 0. The number of unbranched alkanes of at least 4 members (excludes halogenated alkanes) is 1. The van der Waals surface area contributed by atoms with Crippen molar-refractivity contribution in [1.82, 2.24) is 4.90 Å². The third kappa shape index (κ3) is 3.06. The number of nitrogens with zero attached hydrogens (tertiary/aromatic N) is 3. The van der Waals surface area contributed by atoms with Crippen molar-refractivity contribution in [3.8, 4) is 6.07 Å². The number of fused-ring (bicyclic) bond motifs is 3. The predicted octanol–water partition coefficient (Wildman–Crippen LogP) is 4.58. The quantitative estimate of drug-likeness (QED) is 0.754. The molecular weight excluding hydrogens is 332 g/mol. The van der Waals surface area contributed by atoms with Gasteiger partial charge in [-0.3, -0.25) is 0 Å². The van der Waals surface area contributed by atoms with Crippen LogP contribution >= 0.6 is 0 Å². The van der Waals surface area contributed by atoms with Crippen LogP contribution in [-0.2, 0) is 0 Å². The van der Waals surface area contributed by atoms with E-state index in [0.717, 1.165) is 49.4 Å². The molecule has 26 heavy (non-hydrogen) atoms. The maximum absolute atomic E-state index is 13.9. The first-order valence-electron chi connectivity index (χ1n) is 9.11. The van der Waals surface area contributed by atoms with Crippen LogP contribution in [0, 0.1) is 23.0 Å². The highest BCUT2D eigenvalue weighted by atomic mass is 19.1. The van der Waals surface area contributed by atoms with E-state index in [9.17, 15) is 8.78 Å². The summed E-state index contributed by atoms with van der Waals surface area (Å²) in [4.78, 5) is 4.62. The Morgan fingerprint density at radius 3 is 2.62 bits per heavy atom. The van der Waals surface area contributed by atoms with Crippen molar-refractivity contribution in [2.45, 2.75) is 31.2 Å². The molecule has 4 rings (SSSR count). The molecule has 0 aromatic heterocycles. The van der Waals surface area contributed by atoms with Gasteiger partial charge in [0, 0.05) is 42.8 Å². The van der Waals surface area contributed by atoms with Crippen molar-refractivity contribution in [1.29, 1.82) is 5.26 Å². The highest BCUT2D eigenvalue weighted by molar-refractivity contribution is 5.73. The Kier molecular flexibility index (Phi) is 4.60. The van der Waals surface area contributed by atoms with Crippen molar-refractivity contribution in [2.75, 3.05) is 24.5 Å². The zero-order valence-electron chi connectivity index (χ0n) is 14.5. The molecule has 0 aliphatic carbocycles. The minimum absolute atomic E-state index is 0.218. The van der Waals surface area contributed by atoms with Crippen LogP contribution in [0.1, 0.15) is 30.7 Å². The van der Waals surface area contributed by atoms with Crippen LogP contribution in [-0.4, -0.2) is 30.6 Å². The largest absolute Gasteiger partial charge is 0.337 e. The molecule has 3 nitrogen and oxygen atoms in total. The lowest BCUT2D eigenvalue weighted by atomic mass is 9.89. The number of nitriles is 1. The molecule has 0 spiro atoms. The van der Waals surface area contributed by atoms with Crippen LogP contribution in [0.4, 0.5) is 20.2 Å². The van der Waals surface area contributed by atoms with Crippen LogP contribution in [0.2, 0.25) is 0 Å². The van der Waals surface area contributed by atoms with Gasteiger partial charge in [-0.25, -0.2) is 8.78 Å². The first-order chi connectivity index (χ1) is 12.7. The average Bonchev–Trinajstić information content (AvgIpc) is 2.96. The van der Waals surface area contributed by atoms with Gasteiger partial charge in [0.15, 0.2) is 0 Å². The minimum Gasteiger partial charge on any atom is -0.337 e. The Balaban J connectivity index is 1.65. The Labute approximate surface area is 152 Å². The second-order valence-corrected chi connectivity index (χ2v) is 7.07. The normalized spacial score (nSPS) is 22.0.